The largest absolute Gasteiger partial charge is 0.435 e. The van der Waals surface area contributed by atoms with Gasteiger partial charge in [-0.05, 0) is 44.9 Å². The van der Waals surface area contributed by atoms with Gasteiger partial charge in [-0.1, -0.05) is 6.42 Å². The standard InChI is InChI=1S/C13H18O3/c1-12-4-2-5-13-6-3-8(7-9(12)13)15-11(13)16-10(12)14/h8-9,11H,2-7H2,1H3/t8-,9-,11?,12-,13?/m1/s1. The molecule has 1 spiro atoms. The van der Waals surface area contributed by atoms with E-state index in [-0.39, 0.29) is 23.1 Å². The van der Waals surface area contributed by atoms with Gasteiger partial charge in [0.15, 0.2) is 0 Å². The first-order valence-electron chi connectivity index (χ1n) is 6.52. The van der Waals surface area contributed by atoms with E-state index in [2.05, 4.69) is 6.92 Å². The van der Waals surface area contributed by atoms with Gasteiger partial charge in [-0.3, -0.25) is 4.79 Å². The molecule has 5 bridgehead atoms. The molecule has 0 aromatic heterocycles. The molecule has 3 heterocycles. The molecule has 3 aliphatic heterocycles. The van der Waals surface area contributed by atoms with Crippen molar-refractivity contribution in [1.82, 2.24) is 0 Å². The lowest BCUT2D eigenvalue weighted by Gasteiger charge is -2.65. The lowest BCUT2D eigenvalue weighted by molar-refractivity contribution is -0.345. The van der Waals surface area contributed by atoms with Crippen molar-refractivity contribution in [2.75, 3.05) is 0 Å². The predicted molar refractivity (Wildman–Crippen MR) is 56.5 cm³/mol. The van der Waals surface area contributed by atoms with Crippen LogP contribution in [-0.2, 0) is 14.3 Å². The molecule has 16 heavy (non-hydrogen) atoms. The molecule has 0 radical (unpaired) electrons. The van der Waals surface area contributed by atoms with Crippen molar-refractivity contribution in [2.24, 2.45) is 16.7 Å². The highest BCUT2D eigenvalue weighted by molar-refractivity contribution is 5.78. The lowest BCUT2D eigenvalue weighted by Crippen LogP contribution is -2.68. The molecule has 0 N–H and O–H groups in total. The van der Waals surface area contributed by atoms with Gasteiger partial charge in [-0.2, -0.15) is 0 Å². The molecule has 5 fully saturated rings. The van der Waals surface area contributed by atoms with Crippen LogP contribution in [0.15, 0.2) is 0 Å². The van der Waals surface area contributed by atoms with Gasteiger partial charge in [0, 0.05) is 5.41 Å². The van der Waals surface area contributed by atoms with Crippen LogP contribution in [0.4, 0.5) is 0 Å². The van der Waals surface area contributed by atoms with E-state index in [1.165, 1.54) is 19.3 Å². The SMILES string of the molecule is C[C@@]12CCCC34CC[C@H](C[C@@H]31)OC4OC2=O. The molecule has 3 nitrogen and oxygen atoms in total. The number of hydrogen-bond acceptors (Lipinski definition) is 3. The normalized spacial score (nSPS) is 58.3. The van der Waals surface area contributed by atoms with Gasteiger partial charge < -0.3 is 9.47 Å². The number of carbonyl (C=O) groups excluding carboxylic acids is 1. The van der Waals surface area contributed by atoms with Crippen LogP contribution in [0, 0.1) is 16.7 Å². The van der Waals surface area contributed by atoms with Crippen molar-refractivity contribution in [3.63, 3.8) is 0 Å². The highest BCUT2D eigenvalue weighted by atomic mass is 16.7. The summed E-state index contributed by atoms with van der Waals surface area (Å²) in [5.41, 5.74) is -0.0349. The molecule has 0 aromatic rings. The predicted octanol–water partition coefficient (Wildman–Crippen LogP) is 2.24. The Labute approximate surface area is 95.5 Å². The second-order valence-electron chi connectivity index (χ2n) is 6.33. The molecule has 3 saturated heterocycles. The molecule has 2 aliphatic carbocycles. The van der Waals surface area contributed by atoms with E-state index in [4.69, 9.17) is 9.47 Å². The Morgan fingerprint density at radius 2 is 2.19 bits per heavy atom. The fourth-order valence-electron chi connectivity index (χ4n) is 4.83. The first-order chi connectivity index (χ1) is 7.65. The van der Waals surface area contributed by atoms with Crippen LogP contribution in [0.25, 0.3) is 0 Å². The maximum atomic E-state index is 12.1. The molecule has 0 aromatic carbocycles. The highest BCUT2D eigenvalue weighted by Crippen LogP contribution is 2.66. The van der Waals surface area contributed by atoms with Crippen LogP contribution in [-0.4, -0.2) is 18.4 Å². The summed E-state index contributed by atoms with van der Waals surface area (Å²) in [5, 5.41) is 0. The highest BCUT2D eigenvalue weighted by Gasteiger charge is 2.68. The molecule has 2 saturated carbocycles. The topological polar surface area (TPSA) is 35.5 Å². The first kappa shape index (κ1) is 9.46. The van der Waals surface area contributed by atoms with Crippen LogP contribution in [0.1, 0.15) is 45.4 Å². The molecule has 5 rings (SSSR count). The van der Waals surface area contributed by atoms with E-state index in [1.54, 1.807) is 0 Å². The first-order valence-corrected chi connectivity index (χ1v) is 6.52. The van der Waals surface area contributed by atoms with Gasteiger partial charge in [-0.15, -0.1) is 0 Å². The number of hydrogen-bond donors (Lipinski definition) is 0. The molecule has 2 unspecified atom stereocenters. The van der Waals surface area contributed by atoms with Gasteiger partial charge in [0.1, 0.15) is 0 Å². The molecule has 3 heteroatoms. The minimum absolute atomic E-state index is 0.00169. The monoisotopic (exact) mass is 222 g/mol. The summed E-state index contributed by atoms with van der Waals surface area (Å²) in [6.45, 7) is 2.12. The number of fused-ring (bicyclic) bond motifs is 1. The Bertz CT molecular complexity index is 362. The Hall–Kier alpha value is -0.570. The maximum absolute atomic E-state index is 12.1. The third kappa shape index (κ3) is 0.849. The number of rotatable bonds is 0. The second kappa shape index (κ2) is 2.63. The van der Waals surface area contributed by atoms with Crippen molar-refractivity contribution in [3.05, 3.63) is 0 Å². The van der Waals surface area contributed by atoms with Crippen LogP contribution >= 0.6 is 0 Å². The molecule has 88 valence electrons. The van der Waals surface area contributed by atoms with Crippen molar-refractivity contribution >= 4 is 5.97 Å². The summed E-state index contributed by atoms with van der Waals surface area (Å²) < 4.78 is 11.5. The van der Waals surface area contributed by atoms with E-state index in [9.17, 15) is 4.79 Å². The summed E-state index contributed by atoms with van der Waals surface area (Å²) in [4.78, 5) is 12.1. The summed E-state index contributed by atoms with van der Waals surface area (Å²) in [7, 11) is 0. The number of ether oxygens (including phenoxy) is 2. The van der Waals surface area contributed by atoms with E-state index in [0.29, 0.717) is 12.0 Å². The molecule has 5 atom stereocenters. The van der Waals surface area contributed by atoms with Crippen molar-refractivity contribution in [1.29, 1.82) is 0 Å². The molecule has 5 aliphatic rings. The fraction of sp³-hybridized carbons (Fsp3) is 0.923. The zero-order valence-electron chi connectivity index (χ0n) is 9.70. The third-order valence-corrected chi connectivity index (χ3v) is 5.70. The van der Waals surface area contributed by atoms with Gasteiger partial charge in [0.2, 0.25) is 6.29 Å². The Morgan fingerprint density at radius 1 is 1.31 bits per heavy atom. The zero-order valence-corrected chi connectivity index (χ0v) is 9.70. The van der Waals surface area contributed by atoms with Crippen molar-refractivity contribution in [3.8, 4) is 0 Å². The Kier molecular flexibility index (Phi) is 1.56. The van der Waals surface area contributed by atoms with E-state index < -0.39 is 0 Å². The zero-order chi connectivity index (χ0) is 11.0. The summed E-state index contributed by atoms with van der Waals surface area (Å²) in [5.74, 6) is 0.519. The Morgan fingerprint density at radius 3 is 3.06 bits per heavy atom. The average Bonchev–Trinajstić information content (AvgIpc) is 2.28. The summed E-state index contributed by atoms with van der Waals surface area (Å²) in [6, 6.07) is 0. The van der Waals surface area contributed by atoms with Crippen LogP contribution in [0.2, 0.25) is 0 Å². The van der Waals surface area contributed by atoms with Crippen LogP contribution in [0.3, 0.4) is 0 Å². The molecule has 0 amide bonds. The van der Waals surface area contributed by atoms with Crippen LogP contribution in [0.5, 0.6) is 0 Å². The van der Waals surface area contributed by atoms with Gasteiger partial charge in [-0.25, -0.2) is 0 Å². The number of carbonyl (C=O) groups is 1. The van der Waals surface area contributed by atoms with Gasteiger partial charge in [0.05, 0.1) is 11.5 Å². The lowest BCUT2D eigenvalue weighted by atomic mass is 9.47. The summed E-state index contributed by atoms with van der Waals surface area (Å²) >= 11 is 0. The third-order valence-electron chi connectivity index (χ3n) is 5.70. The second-order valence-corrected chi connectivity index (χ2v) is 6.33. The number of esters is 1. The van der Waals surface area contributed by atoms with E-state index in [1.807, 2.05) is 0 Å². The maximum Gasteiger partial charge on any atom is 0.314 e. The smallest absolute Gasteiger partial charge is 0.314 e. The quantitative estimate of drug-likeness (QED) is 0.590. The molecular formula is C13H18O3. The van der Waals surface area contributed by atoms with Crippen molar-refractivity contribution in [2.45, 2.75) is 57.8 Å². The minimum atomic E-state index is -0.217. The average molecular weight is 222 g/mol. The van der Waals surface area contributed by atoms with Gasteiger partial charge in [0.25, 0.3) is 0 Å². The van der Waals surface area contributed by atoms with Crippen LogP contribution < -0.4 is 0 Å². The fourth-order valence-corrected chi connectivity index (χ4v) is 4.83. The van der Waals surface area contributed by atoms with Gasteiger partial charge >= 0.3 is 5.97 Å². The summed E-state index contributed by atoms with van der Waals surface area (Å²) in [6.07, 6.45) is 6.95. The van der Waals surface area contributed by atoms with Crippen molar-refractivity contribution < 1.29 is 14.3 Å². The minimum Gasteiger partial charge on any atom is -0.435 e. The molecular weight excluding hydrogens is 204 g/mol. The van der Waals surface area contributed by atoms with E-state index in [0.717, 1.165) is 19.3 Å². The Balaban J connectivity index is 1.87. The van der Waals surface area contributed by atoms with E-state index >= 15 is 0 Å².